The Balaban J connectivity index is 2.40. The number of aromatic nitrogens is 4. The molecule has 0 fully saturated rings. The van der Waals surface area contributed by atoms with E-state index in [1.165, 1.54) is 0 Å². The topological polar surface area (TPSA) is 72.9 Å². The van der Waals surface area contributed by atoms with Crippen molar-refractivity contribution >= 4 is 5.95 Å². The number of nitrogens with zero attached hydrogens (tertiary/aromatic N) is 5. The molecule has 18 heavy (non-hydrogen) atoms. The van der Waals surface area contributed by atoms with Crippen LogP contribution in [-0.2, 0) is 0 Å². The highest BCUT2D eigenvalue weighted by molar-refractivity contribution is 5.41. The van der Waals surface area contributed by atoms with E-state index >= 15 is 0 Å². The largest absolute Gasteiger partial charge is 0.336 e. The summed E-state index contributed by atoms with van der Waals surface area (Å²) in [5.41, 5.74) is 6.50. The fraction of sp³-hybridized carbons (Fsp3) is 0.417. The second-order valence-corrected chi connectivity index (χ2v) is 4.80. The van der Waals surface area contributed by atoms with Gasteiger partial charge in [0, 0.05) is 19.1 Å². The third-order valence-corrected chi connectivity index (χ3v) is 3.16. The lowest BCUT2D eigenvalue weighted by atomic mass is 10.1. The van der Waals surface area contributed by atoms with Crippen molar-refractivity contribution in [2.75, 3.05) is 18.5 Å². The van der Waals surface area contributed by atoms with Crippen LogP contribution >= 0.6 is 0 Å². The third-order valence-electron chi connectivity index (χ3n) is 3.16. The zero-order valence-electron chi connectivity index (χ0n) is 10.9. The number of hydrogen-bond acceptors (Lipinski definition) is 5. The molecule has 0 saturated heterocycles. The minimum absolute atomic E-state index is 0.207. The van der Waals surface area contributed by atoms with E-state index in [9.17, 15) is 0 Å². The Hall–Kier alpha value is -1.95. The average Bonchev–Trinajstić information content (AvgIpc) is 2.87. The second kappa shape index (κ2) is 4.73. The van der Waals surface area contributed by atoms with Crippen molar-refractivity contribution in [1.82, 2.24) is 20.2 Å². The van der Waals surface area contributed by atoms with Gasteiger partial charge < -0.3 is 10.6 Å². The predicted molar refractivity (Wildman–Crippen MR) is 70.7 cm³/mol. The van der Waals surface area contributed by atoms with Crippen LogP contribution < -0.4 is 10.6 Å². The van der Waals surface area contributed by atoms with Gasteiger partial charge in [-0.1, -0.05) is 23.3 Å². The molecule has 0 aliphatic carbocycles. The van der Waals surface area contributed by atoms with E-state index in [0.717, 1.165) is 5.69 Å². The predicted octanol–water partition coefficient (Wildman–Crippen LogP) is 0.836. The van der Waals surface area contributed by atoms with Crippen LogP contribution in [0.25, 0.3) is 5.69 Å². The maximum atomic E-state index is 5.78. The van der Waals surface area contributed by atoms with Crippen molar-refractivity contribution in [3.63, 3.8) is 0 Å². The summed E-state index contributed by atoms with van der Waals surface area (Å²) < 4.78 is 1.71. The first-order chi connectivity index (χ1) is 8.56. The lowest BCUT2D eigenvalue weighted by Gasteiger charge is -2.34. The van der Waals surface area contributed by atoms with Crippen LogP contribution in [0.15, 0.2) is 30.3 Å². The van der Waals surface area contributed by atoms with E-state index in [0.29, 0.717) is 12.5 Å². The van der Waals surface area contributed by atoms with Gasteiger partial charge in [-0.3, -0.25) is 0 Å². The highest BCUT2D eigenvalue weighted by Crippen LogP contribution is 2.20. The van der Waals surface area contributed by atoms with Gasteiger partial charge in [0.1, 0.15) is 0 Å². The summed E-state index contributed by atoms with van der Waals surface area (Å²) in [6, 6.07) is 9.79. The molecule has 0 aliphatic heterocycles. The number of benzene rings is 1. The van der Waals surface area contributed by atoms with Crippen LogP contribution in [0.1, 0.15) is 13.8 Å². The van der Waals surface area contributed by atoms with Crippen molar-refractivity contribution < 1.29 is 0 Å². The molecular weight excluding hydrogens is 228 g/mol. The standard InChI is InChI=1S/C12H18N6/c1-12(2,9-13)17(3)11-14-15-16-18(11)10-7-5-4-6-8-10/h4-8H,9,13H2,1-3H3. The number of rotatable bonds is 4. The molecule has 0 aliphatic rings. The van der Waals surface area contributed by atoms with E-state index in [2.05, 4.69) is 29.4 Å². The summed E-state index contributed by atoms with van der Waals surface area (Å²) in [6.45, 7) is 4.62. The van der Waals surface area contributed by atoms with E-state index in [1.807, 2.05) is 42.3 Å². The maximum absolute atomic E-state index is 5.78. The molecule has 2 aromatic rings. The molecule has 0 unspecified atom stereocenters. The van der Waals surface area contributed by atoms with Crippen molar-refractivity contribution in [2.45, 2.75) is 19.4 Å². The molecular formula is C12H18N6. The molecule has 0 bridgehead atoms. The van der Waals surface area contributed by atoms with Crippen LogP contribution in [0.5, 0.6) is 0 Å². The molecule has 6 heteroatoms. The minimum atomic E-state index is -0.207. The molecule has 6 nitrogen and oxygen atoms in total. The van der Waals surface area contributed by atoms with Crippen molar-refractivity contribution in [1.29, 1.82) is 0 Å². The molecule has 0 radical (unpaired) electrons. The summed E-state index contributed by atoms with van der Waals surface area (Å²) in [7, 11) is 1.94. The normalized spacial score (nSPS) is 11.6. The molecule has 1 aromatic heterocycles. The number of likely N-dealkylation sites (N-methyl/N-ethyl adjacent to an activating group) is 1. The molecule has 0 atom stereocenters. The molecule has 0 spiro atoms. The first-order valence-electron chi connectivity index (χ1n) is 5.84. The lowest BCUT2D eigenvalue weighted by Crippen LogP contribution is -2.48. The quantitative estimate of drug-likeness (QED) is 0.865. The van der Waals surface area contributed by atoms with Crippen LogP contribution in [0, 0.1) is 0 Å². The number of hydrogen-bond donors (Lipinski definition) is 1. The van der Waals surface area contributed by atoms with Gasteiger partial charge in [0.05, 0.1) is 5.69 Å². The van der Waals surface area contributed by atoms with Crippen LogP contribution in [0.4, 0.5) is 5.95 Å². The van der Waals surface area contributed by atoms with Gasteiger partial charge in [-0.05, 0) is 36.4 Å². The van der Waals surface area contributed by atoms with Crippen molar-refractivity contribution in [2.24, 2.45) is 5.73 Å². The number of anilines is 1. The first kappa shape index (κ1) is 12.5. The molecule has 2 rings (SSSR count). The molecule has 0 saturated carbocycles. The Morgan fingerprint density at radius 2 is 1.94 bits per heavy atom. The highest BCUT2D eigenvalue weighted by atomic mass is 15.6. The molecule has 1 heterocycles. The third kappa shape index (κ3) is 2.19. The Morgan fingerprint density at radius 3 is 2.56 bits per heavy atom. The summed E-state index contributed by atoms with van der Waals surface area (Å²) >= 11 is 0. The zero-order valence-corrected chi connectivity index (χ0v) is 10.9. The number of nitrogens with two attached hydrogens (primary N) is 1. The van der Waals surface area contributed by atoms with Crippen molar-refractivity contribution in [3.05, 3.63) is 30.3 Å². The van der Waals surface area contributed by atoms with Crippen molar-refractivity contribution in [3.8, 4) is 5.69 Å². The number of tetrazole rings is 1. The summed E-state index contributed by atoms with van der Waals surface area (Å²) in [6.07, 6.45) is 0. The molecule has 96 valence electrons. The maximum Gasteiger partial charge on any atom is 0.250 e. The van der Waals surface area contributed by atoms with Gasteiger partial charge in [0.15, 0.2) is 0 Å². The van der Waals surface area contributed by atoms with Crippen LogP contribution in [-0.4, -0.2) is 39.3 Å². The smallest absolute Gasteiger partial charge is 0.250 e. The van der Waals surface area contributed by atoms with E-state index < -0.39 is 0 Å². The van der Waals surface area contributed by atoms with Gasteiger partial charge >= 0.3 is 0 Å². The summed E-state index contributed by atoms with van der Waals surface area (Å²) in [5.74, 6) is 0.677. The van der Waals surface area contributed by atoms with Gasteiger partial charge in [-0.25, -0.2) is 0 Å². The second-order valence-electron chi connectivity index (χ2n) is 4.80. The van der Waals surface area contributed by atoms with E-state index in [4.69, 9.17) is 5.73 Å². The summed E-state index contributed by atoms with van der Waals surface area (Å²) in [4.78, 5) is 1.99. The zero-order chi connectivity index (χ0) is 13.2. The van der Waals surface area contributed by atoms with Gasteiger partial charge in [-0.15, -0.1) is 0 Å². The Morgan fingerprint density at radius 1 is 1.28 bits per heavy atom. The fourth-order valence-electron chi connectivity index (χ4n) is 1.54. The average molecular weight is 246 g/mol. The lowest BCUT2D eigenvalue weighted by molar-refractivity contribution is 0.486. The monoisotopic (exact) mass is 246 g/mol. The summed E-state index contributed by atoms with van der Waals surface area (Å²) in [5, 5.41) is 11.9. The number of para-hydroxylation sites is 1. The fourth-order valence-corrected chi connectivity index (χ4v) is 1.54. The molecule has 1 aromatic carbocycles. The SMILES string of the molecule is CN(c1nnnn1-c1ccccc1)C(C)(C)CN. The Kier molecular flexibility index (Phi) is 3.29. The van der Waals surface area contributed by atoms with Crippen LogP contribution in [0.3, 0.4) is 0 Å². The van der Waals surface area contributed by atoms with Gasteiger partial charge in [-0.2, -0.15) is 4.68 Å². The van der Waals surface area contributed by atoms with E-state index in [1.54, 1.807) is 4.68 Å². The van der Waals surface area contributed by atoms with Crippen LogP contribution in [0.2, 0.25) is 0 Å². The first-order valence-corrected chi connectivity index (χ1v) is 5.84. The van der Waals surface area contributed by atoms with E-state index in [-0.39, 0.29) is 5.54 Å². The molecule has 0 amide bonds. The van der Waals surface area contributed by atoms with Gasteiger partial charge in [0.2, 0.25) is 0 Å². The molecule has 2 N–H and O–H groups in total. The van der Waals surface area contributed by atoms with Gasteiger partial charge in [0.25, 0.3) is 5.95 Å². The Bertz CT molecular complexity index is 504. The Labute approximate surface area is 106 Å². The minimum Gasteiger partial charge on any atom is -0.336 e. The highest BCUT2D eigenvalue weighted by Gasteiger charge is 2.26.